The Morgan fingerprint density at radius 3 is 0.847 bits per heavy atom. The second-order valence-electron chi connectivity index (χ2n) is 23.2. The molecule has 2 unspecified atom stereocenters. The molecule has 0 aromatic rings. The normalized spacial score (nSPS) is 12.4. The standard InChI is InChI=1S/C66H131NO5/c1-3-5-7-9-11-13-15-16-17-18-19-20-21-22-23-26-29-32-35-39-42-46-50-54-58-64(69)63(62-68)67-65(70)59-55-51-47-43-40-36-33-30-27-24-25-28-31-34-37-41-45-49-53-57-61-72-66(71)60-56-52-48-44-38-14-12-10-8-6-4-2/h63-64,68-69H,3-62H2,1-2H3,(H,67,70). The molecule has 0 spiro atoms. The first-order valence-electron chi connectivity index (χ1n) is 33.3. The van der Waals surface area contributed by atoms with Gasteiger partial charge in [0.25, 0.3) is 0 Å². The van der Waals surface area contributed by atoms with E-state index in [2.05, 4.69) is 19.2 Å². The number of hydrogen-bond acceptors (Lipinski definition) is 5. The van der Waals surface area contributed by atoms with E-state index >= 15 is 0 Å². The summed E-state index contributed by atoms with van der Waals surface area (Å²) in [4.78, 5) is 24.5. The van der Waals surface area contributed by atoms with Gasteiger partial charge in [-0.3, -0.25) is 9.59 Å². The van der Waals surface area contributed by atoms with Gasteiger partial charge in [0.15, 0.2) is 0 Å². The lowest BCUT2D eigenvalue weighted by atomic mass is 10.0. The minimum Gasteiger partial charge on any atom is -0.466 e. The van der Waals surface area contributed by atoms with Crippen LogP contribution in [-0.4, -0.2) is 47.4 Å². The first-order valence-corrected chi connectivity index (χ1v) is 33.3. The monoisotopic (exact) mass is 1020 g/mol. The first kappa shape index (κ1) is 70.9. The molecular formula is C66H131NO5. The van der Waals surface area contributed by atoms with Crippen LogP contribution in [0.5, 0.6) is 0 Å². The van der Waals surface area contributed by atoms with Crippen LogP contribution in [0.3, 0.4) is 0 Å². The predicted molar refractivity (Wildman–Crippen MR) is 315 cm³/mol. The van der Waals surface area contributed by atoms with Crippen LogP contribution in [-0.2, 0) is 14.3 Å². The van der Waals surface area contributed by atoms with E-state index in [9.17, 15) is 19.8 Å². The number of nitrogens with one attached hydrogen (secondary N) is 1. The van der Waals surface area contributed by atoms with Gasteiger partial charge in [0.2, 0.25) is 5.91 Å². The molecule has 0 heterocycles. The van der Waals surface area contributed by atoms with Crippen LogP contribution in [0.15, 0.2) is 0 Å². The Bertz CT molecular complexity index is 1040. The maximum absolute atomic E-state index is 12.5. The molecule has 0 aromatic heterocycles. The second kappa shape index (κ2) is 62.4. The van der Waals surface area contributed by atoms with Crippen LogP contribution in [0.4, 0.5) is 0 Å². The van der Waals surface area contributed by atoms with Gasteiger partial charge in [0, 0.05) is 12.8 Å². The van der Waals surface area contributed by atoms with Crippen molar-refractivity contribution in [3.63, 3.8) is 0 Å². The third kappa shape index (κ3) is 58.1. The van der Waals surface area contributed by atoms with Crippen molar-refractivity contribution in [2.45, 2.75) is 398 Å². The number of carbonyl (C=O) groups is 2. The van der Waals surface area contributed by atoms with Gasteiger partial charge in [-0.15, -0.1) is 0 Å². The number of hydrogen-bond donors (Lipinski definition) is 3. The van der Waals surface area contributed by atoms with E-state index in [1.165, 1.54) is 315 Å². The Labute approximate surface area is 451 Å². The highest BCUT2D eigenvalue weighted by Crippen LogP contribution is 2.19. The molecule has 0 fully saturated rings. The van der Waals surface area contributed by atoms with Crippen LogP contribution in [0, 0.1) is 0 Å². The van der Waals surface area contributed by atoms with Gasteiger partial charge in [-0.25, -0.2) is 0 Å². The van der Waals surface area contributed by atoms with Crippen molar-refractivity contribution < 1.29 is 24.5 Å². The summed E-state index contributed by atoms with van der Waals surface area (Å²) in [5.41, 5.74) is 0. The summed E-state index contributed by atoms with van der Waals surface area (Å²) in [6.45, 7) is 4.99. The molecule has 6 nitrogen and oxygen atoms in total. The van der Waals surface area contributed by atoms with Crippen LogP contribution in [0.2, 0.25) is 0 Å². The van der Waals surface area contributed by atoms with Gasteiger partial charge in [-0.05, 0) is 25.7 Å². The number of esters is 1. The minimum atomic E-state index is -0.666. The minimum absolute atomic E-state index is 0.0118. The highest BCUT2D eigenvalue weighted by atomic mass is 16.5. The predicted octanol–water partition coefficient (Wildman–Crippen LogP) is 21.0. The summed E-state index contributed by atoms with van der Waals surface area (Å²) < 4.78 is 5.47. The van der Waals surface area contributed by atoms with Crippen molar-refractivity contribution >= 4 is 11.9 Å². The van der Waals surface area contributed by atoms with Gasteiger partial charge in [-0.1, -0.05) is 348 Å². The molecule has 0 saturated carbocycles. The van der Waals surface area contributed by atoms with Crippen molar-refractivity contribution in [1.29, 1.82) is 0 Å². The lowest BCUT2D eigenvalue weighted by molar-refractivity contribution is -0.143. The number of amides is 1. The molecule has 6 heteroatoms. The van der Waals surface area contributed by atoms with Crippen LogP contribution < -0.4 is 5.32 Å². The van der Waals surface area contributed by atoms with Crippen molar-refractivity contribution in [1.82, 2.24) is 5.32 Å². The van der Waals surface area contributed by atoms with Gasteiger partial charge in [-0.2, -0.15) is 0 Å². The fourth-order valence-electron chi connectivity index (χ4n) is 10.8. The summed E-state index contributed by atoms with van der Waals surface area (Å²) in [5.74, 6) is -0.0196. The Balaban J connectivity index is 3.39. The molecule has 0 aromatic carbocycles. The van der Waals surface area contributed by atoms with Gasteiger partial charge in [0.1, 0.15) is 0 Å². The SMILES string of the molecule is CCCCCCCCCCCCCCCCCCCCCCCCCCC(O)C(CO)NC(=O)CCCCCCCCCCCCCCCCCCCCCCOC(=O)CCCCCCCCCCCCC. The fourth-order valence-corrected chi connectivity index (χ4v) is 10.8. The lowest BCUT2D eigenvalue weighted by Gasteiger charge is -2.22. The van der Waals surface area contributed by atoms with Crippen LogP contribution >= 0.6 is 0 Å². The van der Waals surface area contributed by atoms with Crippen LogP contribution in [0.1, 0.15) is 386 Å². The molecule has 0 aliphatic carbocycles. The first-order chi connectivity index (χ1) is 35.5. The van der Waals surface area contributed by atoms with E-state index in [1.807, 2.05) is 0 Å². The Kier molecular flexibility index (Phi) is 61.4. The smallest absolute Gasteiger partial charge is 0.305 e. The average molecular weight is 1020 g/mol. The summed E-state index contributed by atoms with van der Waals surface area (Å²) in [7, 11) is 0. The molecule has 2 atom stereocenters. The van der Waals surface area contributed by atoms with Gasteiger partial charge < -0.3 is 20.3 Å². The number of aliphatic hydroxyl groups excluding tert-OH is 2. The maximum atomic E-state index is 12.5. The number of rotatable bonds is 63. The topological polar surface area (TPSA) is 95.9 Å². The van der Waals surface area contributed by atoms with E-state index in [-0.39, 0.29) is 18.5 Å². The Morgan fingerprint density at radius 2 is 0.569 bits per heavy atom. The van der Waals surface area contributed by atoms with E-state index in [0.717, 1.165) is 38.5 Å². The Hall–Kier alpha value is -1.14. The maximum Gasteiger partial charge on any atom is 0.305 e. The third-order valence-electron chi connectivity index (χ3n) is 15.9. The van der Waals surface area contributed by atoms with Crippen molar-refractivity contribution in [2.24, 2.45) is 0 Å². The number of aliphatic hydroxyl groups is 2. The van der Waals surface area contributed by atoms with Crippen LogP contribution in [0.25, 0.3) is 0 Å². The molecule has 3 N–H and O–H groups in total. The highest BCUT2D eigenvalue weighted by molar-refractivity contribution is 5.76. The number of ether oxygens (including phenoxy) is 1. The summed E-state index contributed by atoms with van der Waals surface area (Å²) >= 11 is 0. The fraction of sp³-hybridized carbons (Fsp3) is 0.970. The second-order valence-corrected chi connectivity index (χ2v) is 23.2. The quantitative estimate of drug-likeness (QED) is 0.0417. The van der Waals surface area contributed by atoms with Crippen molar-refractivity contribution in [3.8, 4) is 0 Å². The number of unbranched alkanes of at least 4 members (excludes halogenated alkanes) is 52. The molecule has 0 aliphatic rings. The Morgan fingerprint density at radius 1 is 0.333 bits per heavy atom. The van der Waals surface area contributed by atoms with Gasteiger partial charge in [0.05, 0.1) is 25.4 Å². The molecule has 0 aliphatic heterocycles. The molecule has 0 rings (SSSR count). The van der Waals surface area contributed by atoms with E-state index < -0.39 is 12.1 Å². The average Bonchev–Trinajstić information content (AvgIpc) is 3.38. The molecule has 430 valence electrons. The lowest BCUT2D eigenvalue weighted by Crippen LogP contribution is -2.45. The zero-order valence-corrected chi connectivity index (χ0v) is 49.2. The summed E-state index contributed by atoms with van der Waals surface area (Å²) in [6, 6.07) is -0.543. The zero-order valence-electron chi connectivity index (χ0n) is 49.2. The highest BCUT2D eigenvalue weighted by Gasteiger charge is 2.20. The van der Waals surface area contributed by atoms with Crippen molar-refractivity contribution in [2.75, 3.05) is 13.2 Å². The van der Waals surface area contributed by atoms with E-state index in [0.29, 0.717) is 25.9 Å². The molecular weight excluding hydrogens is 887 g/mol. The molecule has 0 bridgehead atoms. The van der Waals surface area contributed by atoms with E-state index in [4.69, 9.17) is 4.74 Å². The molecule has 0 saturated heterocycles. The van der Waals surface area contributed by atoms with E-state index in [1.54, 1.807) is 0 Å². The molecule has 0 radical (unpaired) electrons. The summed E-state index contributed by atoms with van der Waals surface area (Å²) in [6.07, 6.45) is 74.1. The molecule has 1 amide bonds. The molecule has 72 heavy (non-hydrogen) atoms. The zero-order chi connectivity index (χ0) is 52.2. The van der Waals surface area contributed by atoms with Gasteiger partial charge >= 0.3 is 5.97 Å². The number of carbonyl (C=O) groups excluding carboxylic acids is 2. The summed E-state index contributed by atoms with van der Waals surface area (Å²) in [5, 5.41) is 23.4. The third-order valence-corrected chi connectivity index (χ3v) is 15.9. The largest absolute Gasteiger partial charge is 0.466 e. The van der Waals surface area contributed by atoms with Crippen molar-refractivity contribution in [3.05, 3.63) is 0 Å².